The number of hydrogen-bond acceptors (Lipinski definition) is 5. The van der Waals surface area contributed by atoms with Gasteiger partial charge in [0.2, 0.25) is 15.0 Å². The van der Waals surface area contributed by atoms with Gasteiger partial charge in [0.05, 0.1) is 22.9 Å². The summed E-state index contributed by atoms with van der Waals surface area (Å²) in [5.74, 6) is 0. The number of fused-ring (bicyclic) bond motifs is 1. The maximum absolute atomic E-state index is 12.2. The standard InChI is InChI=1S/C11H15N3O3S/c1-7(6-17-2)18(15,16)11-13-9-4-3-8(12)5-10(9)14-11/h3-5,7H,6,12H2,1-2H3,(H,13,14). The summed E-state index contributed by atoms with van der Waals surface area (Å²) >= 11 is 0. The minimum Gasteiger partial charge on any atom is -0.399 e. The number of imidazole rings is 1. The Morgan fingerprint density at radius 2 is 2.22 bits per heavy atom. The van der Waals surface area contributed by atoms with Crippen molar-refractivity contribution in [2.24, 2.45) is 0 Å². The summed E-state index contributed by atoms with van der Waals surface area (Å²) in [7, 11) is -2.04. The van der Waals surface area contributed by atoms with Crippen molar-refractivity contribution in [1.29, 1.82) is 0 Å². The number of hydrogen-bond donors (Lipinski definition) is 2. The van der Waals surface area contributed by atoms with Crippen molar-refractivity contribution in [2.75, 3.05) is 19.5 Å². The predicted octanol–water partition coefficient (Wildman–Crippen LogP) is 0.954. The Balaban J connectivity index is 2.48. The molecule has 0 radical (unpaired) electrons. The summed E-state index contributed by atoms with van der Waals surface area (Å²) in [4.78, 5) is 6.86. The lowest BCUT2D eigenvalue weighted by molar-refractivity contribution is 0.200. The molecule has 0 bridgehead atoms. The molecule has 0 saturated carbocycles. The first kappa shape index (κ1) is 12.8. The van der Waals surface area contributed by atoms with Gasteiger partial charge in [0.25, 0.3) is 0 Å². The van der Waals surface area contributed by atoms with Crippen molar-refractivity contribution in [1.82, 2.24) is 9.97 Å². The van der Waals surface area contributed by atoms with Crippen LogP contribution in [0.5, 0.6) is 0 Å². The molecule has 0 aliphatic rings. The van der Waals surface area contributed by atoms with Gasteiger partial charge in [-0.1, -0.05) is 0 Å². The topological polar surface area (TPSA) is 98.1 Å². The molecule has 2 aromatic rings. The van der Waals surface area contributed by atoms with Crippen molar-refractivity contribution in [3.05, 3.63) is 18.2 Å². The van der Waals surface area contributed by atoms with E-state index >= 15 is 0 Å². The second-order valence-electron chi connectivity index (χ2n) is 4.13. The summed E-state index contributed by atoms with van der Waals surface area (Å²) in [5.41, 5.74) is 7.37. The monoisotopic (exact) mass is 269 g/mol. The van der Waals surface area contributed by atoms with E-state index in [1.807, 2.05) is 0 Å². The van der Waals surface area contributed by atoms with Crippen LogP contribution in [0.15, 0.2) is 23.4 Å². The number of nitrogens with two attached hydrogens (primary N) is 1. The third kappa shape index (κ3) is 2.19. The molecule has 18 heavy (non-hydrogen) atoms. The SMILES string of the molecule is COCC(C)S(=O)(=O)c1nc2ccc(N)cc2[nH]1. The normalized spacial score (nSPS) is 13.9. The van der Waals surface area contributed by atoms with Crippen LogP contribution in [0.4, 0.5) is 5.69 Å². The third-order valence-corrected chi connectivity index (χ3v) is 4.61. The van der Waals surface area contributed by atoms with E-state index in [2.05, 4.69) is 9.97 Å². The highest BCUT2D eigenvalue weighted by Gasteiger charge is 2.26. The van der Waals surface area contributed by atoms with Crippen LogP contribution >= 0.6 is 0 Å². The Kier molecular flexibility index (Phi) is 3.27. The lowest BCUT2D eigenvalue weighted by atomic mass is 10.3. The van der Waals surface area contributed by atoms with Crippen LogP contribution < -0.4 is 5.73 Å². The van der Waals surface area contributed by atoms with Crippen LogP contribution in [0, 0.1) is 0 Å². The number of nitrogens with one attached hydrogen (secondary N) is 1. The van der Waals surface area contributed by atoms with Crippen LogP contribution in [-0.4, -0.2) is 37.4 Å². The fourth-order valence-corrected chi connectivity index (χ4v) is 2.83. The molecule has 7 heteroatoms. The van der Waals surface area contributed by atoms with Crippen molar-refractivity contribution in [3.63, 3.8) is 0 Å². The average Bonchev–Trinajstić information content (AvgIpc) is 2.72. The Labute approximate surface area is 105 Å². The van der Waals surface area contributed by atoms with Gasteiger partial charge in [0, 0.05) is 12.8 Å². The van der Waals surface area contributed by atoms with E-state index in [4.69, 9.17) is 10.5 Å². The van der Waals surface area contributed by atoms with Crippen molar-refractivity contribution < 1.29 is 13.2 Å². The highest BCUT2D eigenvalue weighted by Crippen LogP contribution is 2.20. The van der Waals surface area contributed by atoms with Gasteiger partial charge in [-0.05, 0) is 25.1 Å². The number of aromatic nitrogens is 2. The third-order valence-electron chi connectivity index (χ3n) is 2.68. The number of H-pyrrole nitrogens is 1. The number of rotatable bonds is 4. The first-order valence-electron chi connectivity index (χ1n) is 5.43. The fraction of sp³-hybridized carbons (Fsp3) is 0.364. The number of sulfone groups is 1. The molecule has 2 rings (SSSR count). The van der Waals surface area contributed by atoms with Crippen LogP contribution in [0.2, 0.25) is 0 Å². The summed E-state index contributed by atoms with van der Waals surface area (Å²) in [6, 6.07) is 5.02. The van der Waals surface area contributed by atoms with Gasteiger partial charge < -0.3 is 15.5 Å². The van der Waals surface area contributed by atoms with E-state index in [0.717, 1.165) is 0 Å². The quantitative estimate of drug-likeness (QED) is 0.805. The lowest BCUT2D eigenvalue weighted by Gasteiger charge is -2.08. The number of benzene rings is 1. The van der Waals surface area contributed by atoms with Gasteiger partial charge in [-0.3, -0.25) is 0 Å². The molecule has 6 nitrogen and oxygen atoms in total. The minimum absolute atomic E-state index is 0.0485. The number of nitrogens with zero attached hydrogens (tertiary/aromatic N) is 1. The number of aromatic amines is 1. The molecular formula is C11H15N3O3S. The van der Waals surface area contributed by atoms with E-state index < -0.39 is 15.1 Å². The highest BCUT2D eigenvalue weighted by atomic mass is 32.2. The zero-order valence-corrected chi connectivity index (χ0v) is 11.0. The van der Waals surface area contributed by atoms with Crippen molar-refractivity contribution >= 4 is 26.6 Å². The van der Waals surface area contributed by atoms with E-state index in [-0.39, 0.29) is 11.8 Å². The number of methoxy groups -OCH3 is 1. The maximum atomic E-state index is 12.2. The fourth-order valence-electron chi connectivity index (χ4n) is 1.65. The van der Waals surface area contributed by atoms with Gasteiger partial charge in [0.15, 0.2) is 0 Å². The molecule has 0 amide bonds. The first-order valence-corrected chi connectivity index (χ1v) is 6.98. The molecule has 0 spiro atoms. The second kappa shape index (κ2) is 4.58. The molecule has 0 fully saturated rings. The van der Waals surface area contributed by atoms with Gasteiger partial charge in [-0.25, -0.2) is 13.4 Å². The van der Waals surface area contributed by atoms with Gasteiger partial charge in [0.1, 0.15) is 0 Å². The molecule has 0 aliphatic carbocycles. The van der Waals surface area contributed by atoms with Crippen molar-refractivity contribution in [2.45, 2.75) is 17.3 Å². The predicted molar refractivity (Wildman–Crippen MR) is 69.0 cm³/mol. The van der Waals surface area contributed by atoms with Crippen LogP contribution in [0.25, 0.3) is 11.0 Å². The molecule has 98 valence electrons. The number of anilines is 1. The Hall–Kier alpha value is -1.60. The molecule has 1 heterocycles. The molecule has 1 aromatic heterocycles. The summed E-state index contributed by atoms with van der Waals surface area (Å²) in [6.45, 7) is 1.71. The molecule has 0 saturated heterocycles. The zero-order chi connectivity index (χ0) is 13.3. The zero-order valence-electron chi connectivity index (χ0n) is 10.2. The highest BCUT2D eigenvalue weighted by molar-refractivity contribution is 7.91. The number of ether oxygens (including phenoxy) is 1. The van der Waals surface area contributed by atoms with Crippen LogP contribution in [-0.2, 0) is 14.6 Å². The molecular weight excluding hydrogens is 254 g/mol. The molecule has 1 atom stereocenters. The van der Waals surface area contributed by atoms with Gasteiger partial charge in [-0.15, -0.1) is 0 Å². The van der Waals surface area contributed by atoms with E-state index in [1.54, 1.807) is 25.1 Å². The van der Waals surface area contributed by atoms with Crippen molar-refractivity contribution in [3.8, 4) is 0 Å². The maximum Gasteiger partial charge on any atom is 0.226 e. The van der Waals surface area contributed by atoms with E-state index in [9.17, 15) is 8.42 Å². The average molecular weight is 269 g/mol. The first-order chi connectivity index (χ1) is 8.45. The Morgan fingerprint density at radius 3 is 2.89 bits per heavy atom. The molecule has 0 aliphatic heterocycles. The summed E-state index contributed by atoms with van der Waals surface area (Å²) in [5, 5.41) is -0.701. The number of nitrogen functional groups attached to an aromatic ring is 1. The smallest absolute Gasteiger partial charge is 0.226 e. The van der Waals surface area contributed by atoms with Gasteiger partial charge >= 0.3 is 0 Å². The van der Waals surface area contributed by atoms with E-state index in [0.29, 0.717) is 16.7 Å². The van der Waals surface area contributed by atoms with Crippen LogP contribution in [0.3, 0.4) is 0 Å². The summed E-state index contributed by atoms with van der Waals surface area (Å²) < 4.78 is 29.2. The Morgan fingerprint density at radius 1 is 1.50 bits per heavy atom. The summed E-state index contributed by atoms with van der Waals surface area (Å²) in [6.07, 6.45) is 0. The largest absolute Gasteiger partial charge is 0.399 e. The van der Waals surface area contributed by atoms with E-state index in [1.165, 1.54) is 7.11 Å². The molecule has 1 aromatic carbocycles. The lowest BCUT2D eigenvalue weighted by Crippen LogP contribution is -2.23. The molecule has 3 N–H and O–H groups in total. The second-order valence-corrected chi connectivity index (χ2v) is 6.41. The van der Waals surface area contributed by atoms with Crippen LogP contribution in [0.1, 0.15) is 6.92 Å². The van der Waals surface area contributed by atoms with Gasteiger partial charge in [-0.2, -0.15) is 0 Å². The minimum atomic E-state index is -3.51. The molecule has 1 unspecified atom stereocenters. The Bertz CT molecular complexity index is 663.